The van der Waals surface area contributed by atoms with Crippen molar-refractivity contribution < 1.29 is 0 Å². The van der Waals surface area contributed by atoms with Gasteiger partial charge in [-0.15, -0.1) is 11.3 Å². The summed E-state index contributed by atoms with van der Waals surface area (Å²) >= 11 is 1.85. The van der Waals surface area contributed by atoms with Crippen molar-refractivity contribution >= 4 is 65.6 Å². The molecule has 3 N–H and O–H groups in total. The molecule has 0 atom stereocenters. The van der Waals surface area contributed by atoms with Crippen LogP contribution in [0.2, 0.25) is 0 Å². The molecule has 1 spiro atoms. The van der Waals surface area contributed by atoms with Crippen molar-refractivity contribution in [1.29, 1.82) is 0 Å². The molecular formula is C104H77N3S. The summed E-state index contributed by atoms with van der Waals surface area (Å²) in [6.07, 6.45) is 0. The first-order chi connectivity index (χ1) is 53.0. The third-order valence-corrected chi connectivity index (χ3v) is 25.0. The first-order valence-electron chi connectivity index (χ1n) is 37.7. The minimum Gasteiger partial charge on any atom is -0.356 e. The smallest absolute Gasteiger partial charge is 0.0726 e. The van der Waals surface area contributed by atoms with Crippen molar-refractivity contribution in [3.63, 3.8) is 0 Å². The molecule has 0 fully saturated rings. The second-order valence-corrected chi connectivity index (χ2v) is 31.5. The van der Waals surface area contributed by atoms with E-state index in [1.54, 1.807) is 0 Å². The van der Waals surface area contributed by atoms with Crippen LogP contribution in [0.15, 0.2) is 376 Å². The molecule has 514 valence electrons. The van der Waals surface area contributed by atoms with Gasteiger partial charge in [-0.05, 0) is 218 Å². The van der Waals surface area contributed by atoms with Crippen LogP contribution in [0.1, 0.15) is 94.5 Å². The number of nitrogens with one attached hydrogen (secondary N) is 3. The number of hydrogen-bond acceptors (Lipinski definition) is 4. The summed E-state index contributed by atoms with van der Waals surface area (Å²) in [6.45, 7) is 9.35. The summed E-state index contributed by atoms with van der Waals surface area (Å²) < 4.78 is 2.67. The molecule has 0 radical (unpaired) electrons. The Kier molecular flexibility index (Phi) is 15.3. The Balaban J connectivity index is 0.000000110. The molecule has 108 heavy (non-hydrogen) atoms. The number of rotatable bonds is 9. The lowest BCUT2D eigenvalue weighted by Gasteiger charge is -2.34. The van der Waals surface area contributed by atoms with Gasteiger partial charge in [0.15, 0.2) is 0 Å². The van der Waals surface area contributed by atoms with Gasteiger partial charge in [0.25, 0.3) is 0 Å². The van der Waals surface area contributed by atoms with E-state index in [0.29, 0.717) is 0 Å². The van der Waals surface area contributed by atoms with E-state index in [1.165, 1.54) is 154 Å². The third kappa shape index (κ3) is 10.1. The van der Waals surface area contributed by atoms with Crippen molar-refractivity contribution in [2.24, 2.45) is 0 Å². The van der Waals surface area contributed by atoms with E-state index in [0.717, 1.165) is 34.1 Å². The Labute approximate surface area is 636 Å². The van der Waals surface area contributed by atoms with Crippen LogP contribution in [0.4, 0.5) is 34.1 Å². The fraction of sp³-hybridized carbons (Fsp3) is 0.0769. The van der Waals surface area contributed by atoms with Gasteiger partial charge < -0.3 is 16.0 Å². The van der Waals surface area contributed by atoms with Crippen LogP contribution < -0.4 is 16.0 Å². The molecule has 0 saturated heterocycles. The van der Waals surface area contributed by atoms with Crippen LogP contribution in [0.3, 0.4) is 0 Å². The van der Waals surface area contributed by atoms with Gasteiger partial charge in [0.05, 0.1) is 10.8 Å². The molecule has 0 unspecified atom stereocenters. The van der Waals surface area contributed by atoms with Gasteiger partial charge in [-0.25, -0.2) is 0 Å². The Morgan fingerprint density at radius 1 is 0.194 bits per heavy atom. The number of hydrogen-bond donors (Lipinski definition) is 3. The van der Waals surface area contributed by atoms with Crippen molar-refractivity contribution in [3.8, 4) is 66.8 Å². The predicted octanol–water partition coefficient (Wildman–Crippen LogP) is 27.6. The molecule has 1 aromatic heterocycles. The zero-order valence-electron chi connectivity index (χ0n) is 60.7. The molecule has 0 saturated carbocycles. The molecule has 1 heterocycles. The van der Waals surface area contributed by atoms with Crippen LogP contribution in [0.5, 0.6) is 0 Å². The van der Waals surface area contributed by atoms with Crippen molar-refractivity contribution in [2.45, 2.75) is 49.4 Å². The summed E-state index contributed by atoms with van der Waals surface area (Å²) in [4.78, 5) is 0. The molecule has 0 bridgehead atoms. The highest BCUT2D eigenvalue weighted by molar-refractivity contribution is 7.25. The van der Waals surface area contributed by atoms with Crippen LogP contribution in [-0.4, -0.2) is 0 Å². The minimum absolute atomic E-state index is 0.0233. The molecule has 17 aromatic rings. The van der Waals surface area contributed by atoms with Crippen LogP contribution in [0, 0.1) is 0 Å². The lowest BCUT2D eigenvalue weighted by molar-refractivity contribution is 0.660. The highest BCUT2D eigenvalue weighted by Crippen LogP contribution is 2.64. The SMILES string of the molecule is CC1(C)c2ccccc2-c2ccc(Nc3ccc4c(c3)C(c3ccccc3)(c3ccccc3)c3ccccc3-4)cc21.CC1(C)c2ccccc2-c2ccc(Nc3ccc4c(c3)C3(c5ccccc5-c5ccccc53)c3ccccc3-4)cc21.c1ccc(-c2ccc(Nc3ccc4sc5ccccc5c4c3)cc2)cc1. The molecule has 3 nitrogen and oxygen atoms in total. The largest absolute Gasteiger partial charge is 0.356 e. The number of fused-ring (bicyclic) bond motifs is 22. The summed E-state index contributed by atoms with van der Waals surface area (Å²) in [5, 5.41) is 13.8. The second kappa shape index (κ2) is 25.4. The van der Waals surface area contributed by atoms with Gasteiger partial charge in [0.1, 0.15) is 0 Å². The summed E-state index contributed by atoms with van der Waals surface area (Å²) in [5.74, 6) is 0. The number of thiophene rings is 1. The van der Waals surface area contributed by atoms with Gasteiger partial charge in [-0.3, -0.25) is 0 Å². The molecule has 0 amide bonds. The number of anilines is 6. The lowest BCUT2D eigenvalue weighted by atomic mass is 9.67. The molecule has 5 aliphatic rings. The highest BCUT2D eigenvalue weighted by Gasteiger charge is 2.52. The normalized spacial score (nSPS) is 14.2. The Morgan fingerprint density at radius 3 is 0.935 bits per heavy atom. The van der Waals surface area contributed by atoms with E-state index < -0.39 is 5.41 Å². The molecule has 22 rings (SSSR count). The van der Waals surface area contributed by atoms with Crippen LogP contribution >= 0.6 is 11.3 Å². The standard InChI is InChI=1S/C40H29N.C40H31N.C24H17NS/c1-39(2)33-15-7-3-11-27(33)31-21-19-25(23-37(31)39)41-26-20-22-32-30-14-6-10-18-36(30)40(38(32)24-26)34-16-8-4-12-28(34)29-13-5-9-17-35(29)40;1-39(2)35-19-11-9-17-31(35)33-23-21-29(25-37(33)39)41-30-22-24-34-32-18-10-12-20-36(32)40(38(34)26-30,27-13-5-3-6-14-27)28-15-7-4-8-16-28;1-2-6-17(7-3-1)18-10-12-19(13-11-18)25-20-14-15-24-22(16-20)21-8-4-5-9-23(21)26-24/h3-24,41H,1-2H3;3-26,41H,1-2H3;1-16,25H. The zero-order valence-corrected chi connectivity index (χ0v) is 61.5. The third-order valence-electron chi connectivity index (χ3n) is 23.9. The summed E-state index contributed by atoms with van der Waals surface area (Å²) in [7, 11) is 0. The van der Waals surface area contributed by atoms with Crippen LogP contribution in [-0.2, 0) is 21.7 Å². The first-order valence-corrected chi connectivity index (χ1v) is 38.5. The van der Waals surface area contributed by atoms with Gasteiger partial charge >= 0.3 is 0 Å². The van der Waals surface area contributed by atoms with E-state index in [-0.39, 0.29) is 16.2 Å². The van der Waals surface area contributed by atoms with Gasteiger partial charge in [0, 0.05) is 65.1 Å². The predicted molar refractivity (Wildman–Crippen MR) is 456 cm³/mol. The van der Waals surface area contributed by atoms with E-state index in [1.807, 2.05) is 17.4 Å². The minimum atomic E-state index is -0.395. The fourth-order valence-electron chi connectivity index (χ4n) is 18.9. The fourth-order valence-corrected chi connectivity index (χ4v) is 20.0. The highest BCUT2D eigenvalue weighted by atomic mass is 32.1. The van der Waals surface area contributed by atoms with Crippen molar-refractivity contribution in [1.82, 2.24) is 0 Å². The molecule has 0 aliphatic heterocycles. The Hall–Kier alpha value is -12.9. The number of benzene rings is 16. The zero-order chi connectivity index (χ0) is 72.3. The van der Waals surface area contributed by atoms with Crippen LogP contribution in [0.25, 0.3) is 86.9 Å². The van der Waals surface area contributed by atoms with Gasteiger partial charge in [0.2, 0.25) is 0 Å². The topological polar surface area (TPSA) is 36.1 Å². The summed E-state index contributed by atoms with van der Waals surface area (Å²) in [6, 6.07) is 137. The summed E-state index contributed by atoms with van der Waals surface area (Å²) in [5.41, 5.74) is 38.0. The average molecular weight is 1400 g/mol. The van der Waals surface area contributed by atoms with E-state index >= 15 is 0 Å². The Bertz CT molecular complexity index is 6090. The van der Waals surface area contributed by atoms with E-state index in [4.69, 9.17) is 0 Å². The van der Waals surface area contributed by atoms with E-state index in [2.05, 4.69) is 414 Å². The van der Waals surface area contributed by atoms with Gasteiger partial charge in [-0.1, -0.05) is 319 Å². The maximum absolute atomic E-state index is 3.81. The maximum atomic E-state index is 3.81. The molecule has 16 aromatic carbocycles. The average Bonchev–Trinajstić information content (AvgIpc) is 1.51. The maximum Gasteiger partial charge on any atom is 0.0726 e. The molecular weight excluding hydrogens is 1320 g/mol. The molecule has 5 aliphatic carbocycles. The Morgan fingerprint density at radius 2 is 0.481 bits per heavy atom. The first kappa shape index (κ1) is 64.7. The van der Waals surface area contributed by atoms with Crippen molar-refractivity contribution in [2.75, 3.05) is 16.0 Å². The quantitative estimate of drug-likeness (QED) is 0.135. The van der Waals surface area contributed by atoms with E-state index in [9.17, 15) is 0 Å². The second-order valence-electron chi connectivity index (χ2n) is 30.4. The monoisotopic (exact) mass is 1400 g/mol. The van der Waals surface area contributed by atoms with Gasteiger partial charge in [-0.2, -0.15) is 0 Å². The molecule has 4 heteroatoms. The van der Waals surface area contributed by atoms with Crippen molar-refractivity contribution in [3.05, 3.63) is 443 Å². The lowest BCUT2D eigenvalue weighted by Crippen LogP contribution is -2.28.